The second kappa shape index (κ2) is 9.11. The van der Waals surface area contributed by atoms with Crippen LogP contribution in [0.15, 0.2) is 28.7 Å². The zero-order valence-electron chi connectivity index (χ0n) is 18.5. The van der Waals surface area contributed by atoms with Crippen molar-refractivity contribution in [1.82, 2.24) is 29.4 Å². The molecule has 172 valence electrons. The number of hydrogen-bond donors (Lipinski definition) is 0. The van der Waals surface area contributed by atoms with Gasteiger partial charge in [-0.15, -0.1) is 28.2 Å². The van der Waals surface area contributed by atoms with Crippen molar-refractivity contribution in [2.75, 3.05) is 32.4 Å². The number of thioether (sulfide) groups is 1. The van der Waals surface area contributed by atoms with E-state index >= 15 is 0 Å². The van der Waals surface area contributed by atoms with Gasteiger partial charge in [0.15, 0.2) is 0 Å². The number of pyridine rings is 1. The lowest BCUT2D eigenvalue weighted by atomic mass is 9.77. The van der Waals surface area contributed by atoms with Gasteiger partial charge in [-0.05, 0) is 61.5 Å². The predicted molar refractivity (Wildman–Crippen MR) is 130 cm³/mol. The number of piperidine rings is 1. The Kier molecular flexibility index (Phi) is 6.19. The molecule has 1 spiro atoms. The molecular formula is C22H24N6O2S3. The SMILES string of the molecule is CSc1ncccc1C(=O)N1CCC2(CCN(C(=O)c3csc(-c4snnc4C)n3)C2)CC1. The van der Waals surface area contributed by atoms with Crippen LogP contribution < -0.4 is 0 Å². The quantitative estimate of drug-likeness (QED) is 0.502. The van der Waals surface area contributed by atoms with Crippen LogP contribution in [0.2, 0.25) is 0 Å². The van der Waals surface area contributed by atoms with E-state index in [1.54, 1.807) is 6.20 Å². The zero-order valence-corrected chi connectivity index (χ0v) is 20.9. The molecule has 2 saturated heterocycles. The fourth-order valence-corrected chi connectivity index (χ4v) is 6.78. The molecule has 2 amide bonds. The lowest BCUT2D eigenvalue weighted by Gasteiger charge is -2.39. The number of carbonyl (C=O) groups excluding carboxylic acids is 2. The lowest BCUT2D eigenvalue weighted by Crippen LogP contribution is -2.44. The average molecular weight is 501 g/mol. The van der Waals surface area contributed by atoms with Crippen LogP contribution in [-0.2, 0) is 0 Å². The maximum Gasteiger partial charge on any atom is 0.273 e. The summed E-state index contributed by atoms with van der Waals surface area (Å²) in [5.41, 5.74) is 2.09. The van der Waals surface area contributed by atoms with Crippen LogP contribution in [-0.4, -0.2) is 73.6 Å². The van der Waals surface area contributed by atoms with Gasteiger partial charge >= 0.3 is 0 Å². The Morgan fingerprint density at radius 3 is 2.58 bits per heavy atom. The Hall–Kier alpha value is -2.37. The normalized spacial score (nSPS) is 17.6. The maximum atomic E-state index is 13.1. The van der Waals surface area contributed by atoms with Gasteiger partial charge in [-0.25, -0.2) is 9.97 Å². The van der Waals surface area contributed by atoms with Gasteiger partial charge in [0.25, 0.3) is 11.8 Å². The first kappa shape index (κ1) is 22.4. The van der Waals surface area contributed by atoms with Crippen molar-refractivity contribution in [3.05, 3.63) is 40.7 Å². The van der Waals surface area contributed by atoms with Crippen LogP contribution in [0.3, 0.4) is 0 Å². The first-order valence-corrected chi connectivity index (χ1v) is 13.7. The summed E-state index contributed by atoms with van der Waals surface area (Å²) in [6.45, 7) is 4.79. The van der Waals surface area contributed by atoms with Crippen molar-refractivity contribution in [3.63, 3.8) is 0 Å². The fraction of sp³-hybridized carbons (Fsp3) is 0.455. The Balaban J connectivity index is 1.22. The van der Waals surface area contributed by atoms with Crippen molar-refractivity contribution in [1.29, 1.82) is 0 Å². The molecule has 8 nitrogen and oxygen atoms in total. The second-order valence-corrected chi connectivity index (χ2v) is 11.0. The van der Waals surface area contributed by atoms with E-state index in [2.05, 4.69) is 19.6 Å². The average Bonchev–Trinajstić information content (AvgIpc) is 3.59. The number of aromatic nitrogens is 4. The van der Waals surface area contributed by atoms with Gasteiger partial charge in [0, 0.05) is 37.8 Å². The molecule has 3 aromatic rings. The molecule has 2 aliphatic heterocycles. The first-order chi connectivity index (χ1) is 16.0. The van der Waals surface area contributed by atoms with Crippen molar-refractivity contribution in [2.24, 2.45) is 5.41 Å². The van der Waals surface area contributed by atoms with E-state index in [4.69, 9.17) is 0 Å². The minimum Gasteiger partial charge on any atom is -0.339 e. The Morgan fingerprint density at radius 1 is 1.12 bits per heavy atom. The second-order valence-electron chi connectivity index (χ2n) is 8.55. The Bertz CT molecular complexity index is 1180. The Morgan fingerprint density at radius 2 is 1.88 bits per heavy atom. The molecule has 11 heteroatoms. The van der Waals surface area contributed by atoms with E-state index in [1.165, 1.54) is 34.6 Å². The smallest absolute Gasteiger partial charge is 0.273 e. The molecule has 5 rings (SSSR count). The minimum atomic E-state index is -0.0111. The third-order valence-corrected chi connectivity index (χ3v) is 9.14. The molecule has 0 atom stereocenters. The molecule has 3 aromatic heterocycles. The number of nitrogens with zero attached hydrogens (tertiary/aromatic N) is 6. The molecule has 0 radical (unpaired) electrons. The summed E-state index contributed by atoms with van der Waals surface area (Å²) in [7, 11) is 0. The van der Waals surface area contributed by atoms with Gasteiger partial charge in [-0.1, -0.05) is 4.49 Å². The maximum absolute atomic E-state index is 13.1. The summed E-state index contributed by atoms with van der Waals surface area (Å²) in [5.74, 6) is 0.0408. The highest BCUT2D eigenvalue weighted by molar-refractivity contribution is 7.98. The van der Waals surface area contributed by atoms with Gasteiger partial charge in [0.05, 0.1) is 11.3 Å². The molecule has 2 fully saturated rings. The number of rotatable bonds is 4. The van der Waals surface area contributed by atoms with Gasteiger partial charge < -0.3 is 9.80 Å². The van der Waals surface area contributed by atoms with E-state index < -0.39 is 0 Å². The summed E-state index contributed by atoms with van der Waals surface area (Å²) in [5, 5.41) is 7.44. The third kappa shape index (κ3) is 4.29. The number of hydrogen-bond acceptors (Lipinski definition) is 9. The van der Waals surface area contributed by atoms with E-state index in [9.17, 15) is 9.59 Å². The van der Waals surface area contributed by atoms with Gasteiger partial charge in [-0.3, -0.25) is 9.59 Å². The largest absolute Gasteiger partial charge is 0.339 e. The molecule has 33 heavy (non-hydrogen) atoms. The predicted octanol–water partition coefficient (Wildman–Crippen LogP) is 3.86. The molecule has 5 heterocycles. The zero-order chi connectivity index (χ0) is 23.0. The molecule has 0 unspecified atom stereocenters. The standard InChI is InChI=1S/C22H24N6O2S3/c1-14-17(33-26-25-14)19-24-16(12-32-19)21(30)28-11-7-22(13-28)5-9-27(10-6-22)20(29)15-4-3-8-23-18(15)31-2/h3-4,8,12H,5-7,9-11,13H2,1-2H3. The highest BCUT2D eigenvalue weighted by Crippen LogP contribution is 2.41. The molecule has 0 aliphatic carbocycles. The number of amides is 2. The van der Waals surface area contributed by atoms with Crippen molar-refractivity contribution in [3.8, 4) is 9.88 Å². The molecule has 0 N–H and O–H groups in total. The van der Waals surface area contributed by atoms with Crippen LogP contribution in [0.5, 0.6) is 0 Å². The van der Waals surface area contributed by atoms with Crippen LogP contribution in [0.25, 0.3) is 9.88 Å². The van der Waals surface area contributed by atoms with Crippen LogP contribution in [0.1, 0.15) is 45.8 Å². The summed E-state index contributed by atoms with van der Waals surface area (Å²) < 4.78 is 3.96. The van der Waals surface area contributed by atoms with E-state index in [0.29, 0.717) is 24.3 Å². The summed E-state index contributed by atoms with van der Waals surface area (Å²) in [6, 6.07) is 3.67. The Labute approximate surface area is 204 Å². The van der Waals surface area contributed by atoms with Gasteiger partial charge in [-0.2, -0.15) is 0 Å². The number of thiazole rings is 1. The van der Waals surface area contributed by atoms with E-state index in [1.807, 2.05) is 40.5 Å². The number of likely N-dealkylation sites (tertiary alicyclic amines) is 2. The number of carbonyl (C=O) groups is 2. The van der Waals surface area contributed by atoms with Gasteiger partial charge in [0.1, 0.15) is 20.6 Å². The first-order valence-electron chi connectivity index (χ1n) is 10.8. The molecule has 0 aromatic carbocycles. The van der Waals surface area contributed by atoms with E-state index in [0.717, 1.165) is 53.0 Å². The molecule has 0 bridgehead atoms. The number of aryl methyl sites for hydroxylation is 1. The van der Waals surface area contributed by atoms with E-state index in [-0.39, 0.29) is 17.2 Å². The molecule has 2 aliphatic rings. The monoisotopic (exact) mass is 500 g/mol. The molecular weight excluding hydrogens is 476 g/mol. The topological polar surface area (TPSA) is 92.2 Å². The summed E-state index contributed by atoms with van der Waals surface area (Å²) >= 11 is 4.26. The fourth-order valence-electron chi connectivity index (χ4n) is 4.65. The third-order valence-electron chi connectivity index (χ3n) is 6.60. The molecule has 0 saturated carbocycles. The van der Waals surface area contributed by atoms with Gasteiger partial charge in [0.2, 0.25) is 0 Å². The van der Waals surface area contributed by atoms with Crippen molar-refractivity contribution in [2.45, 2.75) is 31.2 Å². The van der Waals surface area contributed by atoms with Crippen molar-refractivity contribution >= 4 is 46.4 Å². The van der Waals surface area contributed by atoms with Crippen molar-refractivity contribution < 1.29 is 9.59 Å². The van der Waals surface area contributed by atoms with Crippen LogP contribution in [0, 0.1) is 12.3 Å². The summed E-state index contributed by atoms with van der Waals surface area (Å²) in [4.78, 5) is 39.9. The lowest BCUT2D eigenvalue weighted by molar-refractivity contribution is 0.0561. The summed E-state index contributed by atoms with van der Waals surface area (Å²) in [6.07, 6.45) is 6.45. The van der Waals surface area contributed by atoms with Crippen LogP contribution in [0.4, 0.5) is 0 Å². The minimum absolute atomic E-state index is 0.0111. The van der Waals surface area contributed by atoms with Crippen LogP contribution >= 0.6 is 34.6 Å². The highest BCUT2D eigenvalue weighted by Gasteiger charge is 2.43. The highest BCUT2D eigenvalue weighted by atomic mass is 32.2.